The molecule has 0 unspecified atom stereocenters. The largest absolute Gasteiger partial charge is 0.486 e. The summed E-state index contributed by atoms with van der Waals surface area (Å²) in [6, 6.07) is 10.9. The minimum Gasteiger partial charge on any atom is -0.486 e. The molecule has 0 spiro atoms. The molecule has 0 fully saturated rings. The summed E-state index contributed by atoms with van der Waals surface area (Å²) in [6.07, 6.45) is 0. The number of halogens is 2. The van der Waals surface area contributed by atoms with Crippen LogP contribution in [-0.4, -0.2) is 26.5 Å². The Kier molecular flexibility index (Phi) is 6.79. The van der Waals surface area contributed by atoms with Crippen LogP contribution in [0.3, 0.4) is 0 Å². The van der Waals surface area contributed by atoms with Gasteiger partial charge in [0.05, 0.1) is 5.75 Å². The highest BCUT2D eigenvalue weighted by Gasteiger charge is 2.15. The molecule has 0 atom stereocenters. The van der Waals surface area contributed by atoms with E-state index >= 15 is 0 Å². The molecular formula is C21H23F2N5O2S. The van der Waals surface area contributed by atoms with Gasteiger partial charge in [-0.2, -0.15) is 0 Å². The van der Waals surface area contributed by atoms with Crippen molar-refractivity contribution in [3.05, 3.63) is 65.5 Å². The number of hydrogen-bond acceptors (Lipinski definition) is 6. The van der Waals surface area contributed by atoms with E-state index in [2.05, 4.69) is 36.3 Å². The third-order valence-corrected chi connectivity index (χ3v) is 5.30. The molecule has 0 aliphatic heterocycles. The summed E-state index contributed by atoms with van der Waals surface area (Å²) in [6.45, 7) is 6.52. The van der Waals surface area contributed by atoms with Crippen LogP contribution < -0.4 is 15.9 Å². The number of carbonyl (C=O) groups is 1. The van der Waals surface area contributed by atoms with E-state index in [1.807, 2.05) is 24.3 Å². The molecular weight excluding hydrogens is 424 g/mol. The zero-order chi connectivity index (χ0) is 22.6. The fourth-order valence-corrected chi connectivity index (χ4v) is 3.28. The van der Waals surface area contributed by atoms with Crippen molar-refractivity contribution in [3.63, 3.8) is 0 Å². The number of nitrogens with one attached hydrogen (secondary N) is 1. The predicted octanol–water partition coefficient (Wildman–Crippen LogP) is 3.88. The van der Waals surface area contributed by atoms with E-state index in [9.17, 15) is 13.6 Å². The Labute approximate surface area is 183 Å². The molecule has 3 aromatic rings. The second-order valence-electron chi connectivity index (χ2n) is 7.80. The van der Waals surface area contributed by atoms with E-state index in [-0.39, 0.29) is 23.5 Å². The number of aromatic nitrogens is 3. The summed E-state index contributed by atoms with van der Waals surface area (Å²) in [5.41, 5.74) is 1.41. The fraction of sp³-hybridized carbons (Fsp3) is 0.286. The third kappa shape index (κ3) is 5.94. The van der Waals surface area contributed by atoms with Crippen LogP contribution in [0.25, 0.3) is 0 Å². The van der Waals surface area contributed by atoms with Crippen molar-refractivity contribution in [1.29, 1.82) is 0 Å². The number of thioether (sulfide) groups is 1. The van der Waals surface area contributed by atoms with Crippen molar-refractivity contribution in [3.8, 4) is 5.75 Å². The summed E-state index contributed by atoms with van der Waals surface area (Å²) in [5.74, 6) is 4.58. The van der Waals surface area contributed by atoms with Crippen LogP contribution in [0, 0.1) is 11.6 Å². The van der Waals surface area contributed by atoms with Gasteiger partial charge < -0.3 is 15.9 Å². The van der Waals surface area contributed by atoms with Crippen molar-refractivity contribution in [1.82, 2.24) is 14.9 Å². The highest BCUT2D eigenvalue weighted by atomic mass is 32.2. The number of nitrogen functional groups attached to an aromatic ring is 1. The lowest BCUT2D eigenvalue weighted by atomic mass is 9.87. The molecule has 0 saturated heterocycles. The number of amides is 1. The number of carbonyl (C=O) groups excluding carboxylic acids is 1. The Morgan fingerprint density at radius 3 is 2.48 bits per heavy atom. The maximum Gasteiger partial charge on any atom is 0.234 e. The first kappa shape index (κ1) is 22.5. The van der Waals surface area contributed by atoms with Gasteiger partial charge in [0.2, 0.25) is 11.1 Å². The van der Waals surface area contributed by atoms with Gasteiger partial charge in [-0.1, -0.05) is 44.7 Å². The van der Waals surface area contributed by atoms with Crippen molar-refractivity contribution < 1.29 is 18.3 Å². The Balaban J connectivity index is 1.52. The lowest BCUT2D eigenvalue weighted by Crippen LogP contribution is -2.18. The first-order chi connectivity index (χ1) is 14.6. The normalized spacial score (nSPS) is 11.4. The Bertz CT molecular complexity index is 1060. The topological polar surface area (TPSA) is 95.1 Å². The van der Waals surface area contributed by atoms with E-state index in [1.165, 1.54) is 16.3 Å². The molecule has 3 N–H and O–H groups in total. The molecule has 1 aromatic heterocycles. The maximum atomic E-state index is 13.2. The number of nitrogens with two attached hydrogens (primary N) is 1. The lowest BCUT2D eigenvalue weighted by Gasteiger charge is -2.19. The smallest absolute Gasteiger partial charge is 0.234 e. The monoisotopic (exact) mass is 447 g/mol. The molecule has 164 valence electrons. The standard InChI is InChI=1S/C21H23F2N5O2S/c1-21(2,3)13-4-7-15(8-5-13)30-11-18-26-27-20(28(18)24)31-12-19(29)25-14-6-9-16(22)17(23)10-14/h4-10H,11-12,24H2,1-3H3,(H,25,29). The van der Waals surface area contributed by atoms with Gasteiger partial charge in [0.15, 0.2) is 17.5 Å². The molecule has 10 heteroatoms. The molecule has 2 aromatic carbocycles. The van der Waals surface area contributed by atoms with Gasteiger partial charge in [0.25, 0.3) is 0 Å². The number of hydrogen-bond donors (Lipinski definition) is 2. The molecule has 3 rings (SSSR count). The summed E-state index contributed by atoms with van der Waals surface area (Å²) in [5, 5.41) is 10.8. The summed E-state index contributed by atoms with van der Waals surface area (Å²) in [7, 11) is 0. The van der Waals surface area contributed by atoms with Crippen molar-refractivity contribution in [2.24, 2.45) is 0 Å². The highest BCUT2D eigenvalue weighted by Crippen LogP contribution is 2.24. The van der Waals surface area contributed by atoms with Gasteiger partial charge in [-0.05, 0) is 35.2 Å². The molecule has 0 aliphatic carbocycles. The molecule has 7 nitrogen and oxygen atoms in total. The first-order valence-electron chi connectivity index (χ1n) is 9.44. The Morgan fingerprint density at radius 1 is 1.13 bits per heavy atom. The second kappa shape index (κ2) is 9.34. The van der Waals surface area contributed by atoms with Crippen molar-refractivity contribution >= 4 is 23.4 Å². The first-order valence-corrected chi connectivity index (χ1v) is 10.4. The number of ether oxygens (including phenoxy) is 1. The van der Waals surface area contributed by atoms with Crippen LogP contribution >= 0.6 is 11.8 Å². The van der Waals surface area contributed by atoms with Crippen LogP contribution in [0.15, 0.2) is 47.6 Å². The van der Waals surface area contributed by atoms with Gasteiger partial charge in [-0.25, -0.2) is 13.5 Å². The average molecular weight is 448 g/mol. The fourth-order valence-electron chi connectivity index (χ4n) is 2.60. The zero-order valence-corrected chi connectivity index (χ0v) is 18.2. The van der Waals surface area contributed by atoms with Crippen molar-refractivity contribution in [2.45, 2.75) is 37.9 Å². The van der Waals surface area contributed by atoms with Gasteiger partial charge in [0.1, 0.15) is 12.4 Å². The lowest BCUT2D eigenvalue weighted by molar-refractivity contribution is -0.113. The van der Waals surface area contributed by atoms with Gasteiger partial charge in [0, 0.05) is 11.8 Å². The second-order valence-corrected chi connectivity index (χ2v) is 8.74. The van der Waals surface area contributed by atoms with Gasteiger partial charge >= 0.3 is 0 Å². The molecule has 0 aliphatic rings. The van der Waals surface area contributed by atoms with Crippen LogP contribution in [0.4, 0.5) is 14.5 Å². The third-order valence-electron chi connectivity index (χ3n) is 4.36. The maximum absolute atomic E-state index is 13.2. The Morgan fingerprint density at radius 2 is 1.84 bits per heavy atom. The molecule has 1 amide bonds. The zero-order valence-electron chi connectivity index (χ0n) is 17.4. The minimum absolute atomic E-state index is 0.0382. The quantitative estimate of drug-likeness (QED) is 0.422. The van der Waals surface area contributed by atoms with Crippen molar-refractivity contribution in [2.75, 3.05) is 16.9 Å². The van der Waals surface area contributed by atoms with E-state index < -0.39 is 17.5 Å². The van der Waals surface area contributed by atoms with E-state index in [1.54, 1.807) is 0 Å². The molecule has 1 heterocycles. The summed E-state index contributed by atoms with van der Waals surface area (Å²) < 4.78 is 33.1. The number of anilines is 1. The van der Waals surface area contributed by atoms with Crippen LogP contribution in [0.1, 0.15) is 32.2 Å². The van der Waals surface area contributed by atoms with Crippen LogP contribution in [0.2, 0.25) is 0 Å². The number of rotatable bonds is 7. The van der Waals surface area contributed by atoms with E-state index in [0.29, 0.717) is 16.7 Å². The van der Waals surface area contributed by atoms with Crippen LogP contribution in [0.5, 0.6) is 5.75 Å². The number of nitrogens with zero attached hydrogens (tertiary/aromatic N) is 3. The summed E-state index contributed by atoms with van der Waals surface area (Å²) in [4.78, 5) is 12.0. The summed E-state index contributed by atoms with van der Waals surface area (Å²) >= 11 is 1.06. The molecule has 0 bridgehead atoms. The SMILES string of the molecule is CC(C)(C)c1ccc(OCc2nnc(SCC(=O)Nc3ccc(F)c(F)c3)n2N)cc1. The van der Waals surface area contributed by atoms with Gasteiger partial charge in [-0.15, -0.1) is 10.2 Å². The molecule has 0 radical (unpaired) electrons. The predicted molar refractivity (Wildman–Crippen MR) is 115 cm³/mol. The molecule has 0 saturated carbocycles. The van der Waals surface area contributed by atoms with Gasteiger partial charge in [-0.3, -0.25) is 4.79 Å². The van der Waals surface area contributed by atoms with Crippen LogP contribution in [-0.2, 0) is 16.8 Å². The Hall–Kier alpha value is -3.14. The minimum atomic E-state index is -1.04. The van der Waals surface area contributed by atoms with E-state index in [0.717, 1.165) is 23.9 Å². The average Bonchev–Trinajstić information content (AvgIpc) is 3.07. The highest BCUT2D eigenvalue weighted by molar-refractivity contribution is 7.99. The number of benzene rings is 2. The molecule has 31 heavy (non-hydrogen) atoms. The van der Waals surface area contributed by atoms with E-state index in [4.69, 9.17) is 10.6 Å².